The van der Waals surface area contributed by atoms with E-state index in [1.54, 1.807) is 6.07 Å². The van der Waals surface area contributed by atoms with Crippen LogP contribution >= 0.6 is 11.9 Å². The summed E-state index contributed by atoms with van der Waals surface area (Å²) in [6.07, 6.45) is -5.38. The highest BCUT2D eigenvalue weighted by atomic mass is 35.5. The number of ether oxygens (including phenoxy) is 1. The van der Waals surface area contributed by atoms with Gasteiger partial charge in [0.2, 0.25) is 5.60 Å². The standard InChI is InChI=1S/C20H15ClF3NO5/c21-30-17(26)10-29-12-8-25(9-12)18(27)11-5-6-14-13-3-1-2-4-15(13)19(28,16(14)7-11)20(22,23)24/h1-7,12,28H,8-10H2. The molecule has 1 amide bonds. The Labute approximate surface area is 173 Å². The van der Waals surface area contributed by atoms with E-state index in [9.17, 15) is 27.9 Å². The molecule has 0 aromatic heterocycles. The van der Waals surface area contributed by atoms with Gasteiger partial charge in [-0.1, -0.05) is 30.3 Å². The van der Waals surface area contributed by atoms with Gasteiger partial charge in [0.25, 0.3) is 5.91 Å². The van der Waals surface area contributed by atoms with E-state index in [-0.39, 0.29) is 47.5 Å². The first-order chi connectivity index (χ1) is 14.2. The predicted octanol–water partition coefficient (Wildman–Crippen LogP) is 3.00. The summed E-state index contributed by atoms with van der Waals surface area (Å²) in [5, 5.41) is 10.7. The third-order valence-corrected chi connectivity index (χ3v) is 5.50. The molecular formula is C20H15ClF3NO5. The van der Waals surface area contributed by atoms with Crippen molar-refractivity contribution in [2.24, 2.45) is 0 Å². The molecule has 0 radical (unpaired) electrons. The number of carbonyl (C=O) groups is 2. The Morgan fingerprint density at radius 3 is 2.47 bits per heavy atom. The summed E-state index contributed by atoms with van der Waals surface area (Å²) in [7, 11) is 0. The van der Waals surface area contributed by atoms with Gasteiger partial charge in [-0.15, -0.1) is 0 Å². The minimum atomic E-state index is -4.97. The molecule has 2 aliphatic rings. The number of fused-ring (bicyclic) bond motifs is 3. The van der Waals surface area contributed by atoms with Crippen LogP contribution in [-0.2, 0) is 19.4 Å². The van der Waals surface area contributed by atoms with Crippen molar-refractivity contribution >= 4 is 23.7 Å². The summed E-state index contributed by atoms with van der Waals surface area (Å²) in [5.41, 5.74) is -3.32. The van der Waals surface area contributed by atoms with Crippen molar-refractivity contribution in [1.29, 1.82) is 0 Å². The van der Waals surface area contributed by atoms with Crippen molar-refractivity contribution in [2.75, 3.05) is 19.7 Å². The van der Waals surface area contributed by atoms with Gasteiger partial charge in [0.1, 0.15) is 18.5 Å². The lowest BCUT2D eigenvalue weighted by Gasteiger charge is -2.38. The van der Waals surface area contributed by atoms with E-state index in [4.69, 9.17) is 16.6 Å². The van der Waals surface area contributed by atoms with Crippen LogP contribution in [0, 0.1) is 0 Å². The van der Waals surface area contributed by atoms with E-state index in [0.29, 0.717) is 0 Å². The molecule has 4 rings (SSSR count). The van der Waals surface area contributed by atoms with Crippen LogP contribution in [0.1, 0.15) is 21.5 Å². The molecule has 1 aliphatic carbocycles. The minimum Gasteiger partial charge on any atom is -0.372 e. The highest BCUT2D eigenvalue weighted by Crippen LogP contribution is 2.55. The number of hydrogen-bond acceptors (Lipinski definition) is 5. The number of alkyl halides is 3. The quantitative estimate of drug-likeness (QED) is 0.789. The van der Waals surface area contributed by atoms with Gasteiger partial charge >= 0.3 is 12.1 Å². The number of halogens is 4. The lowest BCUT2D eigenvalue weighted by atomic mass is 9.89. The second-order valence-corrected chi connectivity index (χ2v) is 7.26. The largest absolute Gasteiger partial charge is 0.425 e. The first-order valence-corrected chi connectivity index (χ1v) is 9.23. The van der Waals surface area contributed by atoms with Gasteiger partial charge in [0.15, 0.2) is 0 Å². The number of rotatable bonds is 4. The van der Waals surface area contributed by atoms with Crippen molar-refractivity contribution in [2.45, 2.75) is 17.9 Å². The predicted molar refractivity (Wildman–Crippen MR) is 98.5 cm³/mol. The maximum absolute atomic E-state index is 13.9. The van der Waals surface area contributed by atoms with Gasteiger partial charge < -0.3 is 19.0 Å². The molecule has 1 fully saturated rings. The Morgan fingerprint density at radius 1 is 1.13 bits per heavy atom. The van der Waals surface area contributed by atoms with Gasteiger partial charge in [-0.05, 0) is 23.3 Å². The molecule has 6 nitrogen and oxygen atoms in total. The number of hydrogen-bond donors (Lipinski definition) is 1. The number of amides is 1. The average molecular weight is 442 g/mol. The first kappa shape index (κ1) is 20.6. The molecule has 1 saturated heterocycles. The molecule has 0 saturated carbocycles. The number of aliphatic hydroxyl groups is 1. The van der Waals surface area contributed by atoms with Crippen LogP contribution in [-0.4, -0.2) is 53.9 Å². The third kappa shape index (κ3) is 3.13. The molecule has 1 aliphatic heterocycles. The van der Waals surface area contributed by atoms with E-state index >= 15 is 0 Å². The zero-order chi connectivity index (χ0) is 21.7. The van der Waals surface area contributed by atoms with Crippen molar-refractivity contribution in [3.8, 4) is 11.1 Å². The van der Waals surface area contributed by atoms with Crippen LogP contribution in [0.4, 0.5) is 13.2 Å². The van der Waals surface area contributed by atoms with E-state index in [2.05, 4.69) is 4.29 Å². The molecule has 1 atom stereocenters. The Balaban J connectivity index is 1.58. The molecule has 1 N–H and O–H groups in total. The average Bonchev–Trinajstić information content (AvgIpc) is 2.96. The van der Waals surface area contributed by atoms with Crippen LogP contribution in [0.5, 0.6) is 0 Å². The highest BCUT2D eigenvalue weighted by molar-refractivity contribution is 6.13. The molecule has 2 aromatic carbocycles. The zero-order valence-corrected chi connectivity index (χ0v) is 16.0. The fraction of sp³-hybridized carbons (Fsp3) is 0.300. The Bertz CT molecular complexity index is 1020. The SMILES string of the molecule is O=C(COC1CN(C(=O)c2ccc3c(c2)C(O)(C(F)(F)F)c2ccccc2-3)C1)OCl. The first-order valence-electron chi connectivity index (χ1n) is 8.92. The molecule has 0 spiro atoms. The second-order valence-electron chi connectivity index (χ2n) is 7.11. The maximum atomic E-state index is 13.9. The number of benzene rings is 2. The Hall–Kier alpha value is -2.62. The number of nitrogens with zero attached hydrogens (tertiary/aromatic N) is 1. The zero-order valence-electron chi connectivity index (χ0n) is 15.3. The monoisotopic (exact) mass is 441 g/mol. The molecule has 1 heterocycles. The summed E-state index contributed by atoms with van der Waals surface area (Å²) >= 11 is 4.90. The second kappa shape index (κ2) is 7.26. The van der Waals surface area contributed by atoms with Gasteiger partial charge in [0, 0.05) is 29.8 Å². The minimum absolute atomic E-state index is 0.0165. The molecule has 2 aromatic rings. The number of likely N-dealkylation sites (tertiary alicyclic amines) is 1. The summed E-state index contributed by atoms with van der Waals surface area (Å²) < 4.78 is 50.8. The van der Waals surface area contributed by atoms with Crippen LogP contribution in [0.3, 0.4) is 0 Å². The van der Waals surface area contributed by atoms with Crippen LogP contribution in [0.2, 0.25) is 0 Å². The van der Waals surface area contributed by atoms with Crippen molar-refractivity contribution in [3.63, 3.8) is 0 Å². The van der Waals surface area contributed by atoms with Crippen LogP contribution in [0.15, 0.2) is 42.5 Å². The van der Waals surface area contributed by atoms with E-state index in [1.807, 2.05) is 0 Å². The fourth-order valence-electron chi connectivity index (χ4n) is 3.80. The van der Waals surface area contributed by atoms with Crippen molar-refractivity contribution < 1.29 is 36.9 Å². The molecular weight excluding hydrogens is 427 g/mol. The van der Waals surface area contributed by atoms with Crippen molar-refractivity contribution in [3.05, 3.63) is 59.2 Å². The Kier molecular flexibility index (Phi) is 5.00. The van der Waals surface area contributed by atoms with E-state index in [1.165, 1.54) is 35.2 Å². The van der Waals surface area contributed by atoms with Crippen LogP contribution in [0.25, 0.3) is 11.1 Å². The normalized spacial score (nSPS) is 20.4. The topological polar surface area (TPSA) is 76.1 Å². The highest BCUT2D eigenvalue weighted by Gasteiger charge is 2.60. The smallest absolute Gasteiger partial charge is 0.372 e. The summed E-state index contributed by atoms with van der Waals surface area (Å²) in [5.74, 6) is -1.27. The lowest BCUT2D eigenvalue weighted by Crippen LogP contribution is -2.55. The van der Waals surface area contributed by atoms with Crippen LogP contribution < -0.4 is 0 Å². The van der Waals surface area contributed by atoms with Gasteiger partial charge in [-0.25, -0.2) is 4.79 Å². The van der Waals surface area contributed by atoms with Gasteiger partial charge in [-0.2, -0.15) is 13.2 Å². The van der Waals surface area contributed by atoms with E-state index in [0.717, 1.165) is 6.07 Å². The molecule has 30 heavy (non-hydrogen) atoms. The lowest BCUT2D eigenvalue weighted by molar-refractivity contribution is -0.246. The summed E-state index contributed by atoms with van der Waals surface area (Å²) in [6.45, 7) is -0.0452. The van der Waals surface area contributed by atoms with Gasteiger partial charge in [0.05, 0.1) is 6.10 Å². The fourth-order valence-corrected chi connectivity index (χ4v) is 3.84. The summed E-state index contributed by atoms with van der Waals surface area (Å²) in [6, 6.07) is 9.67. The Morgan fingerprint density at radius 2 is 1.80 bits per heavy atom. The summed E-state index contributed by atoms with van der Waals surface area (Å²) in [4.78, 5) is 25.0. The third-order valence-electron chi connectivity index (χ3n) is 5.33. The molecule has 1 unspecified atom stereocenters. The van der Waals surface area contributed by atoms with E-state index < -0.39 is 29.8 Å². The van der Waals surface area contributed by atoms with Gasteiger partial charge in [-0.3, -0.25) is 4.79 Å². The number of carbonyl (C=O) groups excluding carboxylic acids is 2. The molecule has 0 bridgehead atoms. The maximum Gasteiger partial charge on any atom is 0.425 e. The van der Waals surface area contributed by atoms with Crippen molar-refractivity contribution in [1.82, 2.24) is 4.90 Å². The molecule has 10 heteroatoms. The molecule has 158 valence electrons.